The lowest BCUT2D eigenvalue weighted by Crippen LogP contribution is -2.35. The van der Waals surface area contributed by atoms with Crippen LogP contribution in [-0.4, -0.2) is 23.3 Å². The van der Waals surface area contributed by atoms with E-state index in [9.17, 15) is 9.59 Å². The van der Waals surface area contributed by atoms with Gasteiger partial charge in [0.15, 0.2) is 0 Å². The zero-order valence-corrected chi connectivity index (χ0v) is 17.2. The lowest BCUT2D eigenvalue weighted by Gasteiger charge is -2.26. The highest BCUT2D eigenvalue weighted by Gasteiger charge is 2.25. The Balaban J connectivity index is 1.48. The Morgan fingerprint density at radius 1 is 1.07 bits per heavy atom. The van der Waals surface area contributed by atoms with E-state index in [1.54, 1.807) is 0 Å². The quantitative estimate of drug-likeness (QED) is 0.611. The van der Waals surface area contributed by atoms with Crippen LogP contribution in [0.15, 0.2) is 65.1 Å². The maximum absolute atomic E-state index is 12.8. The number of benzene rings is 2. The summed E-state index contributed by atoms with van der Waals surface area (Å²) in [6.45, 7) is 3.25. The number of hydrogen-bond acceptors (Lipinski definition) is 3. The van der Waals surface area contributed by atoms with Crippen LogP contribution in [0.4, 0.5) is 5.69 Å². The van der Waals surface area contributed by atoms with E-state index in [2.05, 4.69) is 12.2 Å². The first kappa shape index (κ1) is 20.0. The second kappa shape index (κ2) is 8.99. The van der Waals surface area contributed by atoms with Crippen molar-refractivity contribution in [3.63, 3.8) is 0 Å². The number of unbranched alkanes of at least 4 members (excludes halogenated alkanes) is 1. The molecule has 0 spiro atoms. The summed E-state index contributed by atoms with van der Waals surface area (Å²) < 4.78 is 6.10. The molecule has 154 valence electrons. The fourth-order valence-electron chi connectivity index (χ4n) is 3.72. The van der Waals surface area contributed by atoms with Crippen molar-refractivity contribution in [3.8, 4) is 11.3 Å². The van der Waals surface area contributed by atoms with E-state index >= 15 is 0 Å². The molecule has 0 fully saturated rings. The van der Waals surface area contributed by atoms with Crippen molar-refractivity contribution in [2.45, 2.75) is 39.2 Å². The van der Waals surface area contributed by atoms with Crippen molar-refractivity contribution < 1.29 is 14.0 Å². The second-order valence-electron chi connectivity index (χ2n) is 7.63. The van der Waals surface area contributed by atoms with Crippen molar-refractivity contribution in [1.82, 2.24) is 4.90 Å². The fourth-order valence-corrected chi connectivity index (χ4v) is 3.72. The number of nitrogens with one attached hydrogen (secondary N) is 1. The molecule has 2 amide bonds. The number of hydrogen-bond donors (Lipinski definition) is 1. The number of rotatable bonds is 6. The van der Waals surface area contributed by atoms with Crippen molar-refractivity contribution >= 4 is 17.5 Å². The van der Waals surface area contributed by atoms with Crippen molar-refractivity contribution in [2.24, 2.45) is 0 Å². The van der Waals surface area contributed by atoms with Gasteiger partial charge in [-0.25, -0.2) is 0 Å². The Morgan fingerprint density at radius 3 is 2.70 bits per heavy atom. The average Bonchev–Trinajstić information content (AvgIpc) is 3.21. The zero-order valence-electron chi connectivity index (χ0n) is 17.2. The predicted molar refractivity (Wildman–Crippen MR) is 117 cm³/mol. The molecule has 2 heterocycles. The van der Waals surface area contributed by atoms with Crippen molar-refractivity contribution in [2.75, 3.05) is 11.9 Å². The van der Waals surface area contributed by atoms with Crippen LogP contribution in [0.3, 0.4) is 0 Å². The molecule has 0 atom stereocenters. The van der Waals surface area contributed by atoms with Crippen LogP contribution in [0, 0.1) is 0 Å². The van der Waals surface area contributed by atoms with Crippen LogP contribution in [0.5, 0.6) is 0 Å². The molecule has 4 rings (SSSR count). The highest BCUT2D eigenvalue weighted by molar-refractivity contribution is 5.94. The molecule has 1 aromatic heterocycles. The minimum absolute atomic E-state index is 0.0304. The van der Waals surface area contributed by atoms with E-state index in [1.165, 1.54) is 0 Å². The number of furan rings is 1. The predicted octanol–water partition coefficient (Wildman–Crippen LogP) is 5.27. The first-order valence-corrected chi connectivity index (χ1v) is 10.5. The minimum Gasteiger partial charge on any atom is -0.461 e. The number of carbonyl (C=O) groups is 2. The molecule has 1 aliphatic rings. The van der Waals surface area contributed by atoms with Crippen LogP contribution in [0.2, 0.25) is 0 Å². The van der Waals surface area contributed by atoms with Gasteiger partial charge >= 0.3 is 0 Å². The summed E-state index contributed by atoms with van der Waals surface area (Å²) >= 11 is 0. The van der Waals surface area contributed by atoms with Gasteiger partial charge < -0.3 is 14.6 Å². The third-order valence-electron chi connectivity index (χ3n) is 5.36. The summed E-state index contributed by atoms with van der Waals surface area (Å²) in [5, 5.41) is 2.96. The molecular formula is C25H26N2O3. The van der Waals surface area contributed by atoms with Gasteiger partial charge in [-0.1, -0.05) is 43.7 Å². The standard InChI is InChI=1S/C25H26N2O3/c1-2-3-12-24(28)26-21-11-7-10-19(15-21)23-16-20-17-27(14-13-22(20)30-23)25(29)18-8-5-4-6-9-18/h4-11,15-16H,2-3,12-14,17H2,1H3,(H,26,28). The largest absolute Gasteiger partial charge is 0.461 e. The molecular weight excluding hydrogens is 376 g/mol. The topological polar surface area (TPSA) is 62.6 Å². The van der Waals surface area contributed by atoms with Gasteiger partial charge in [0.05, 0.1) is 0 Å². The van der Waals surface area contributed by atoms with Crippen LogP contribution < -0.4 is 5.32 Å². The average molecular weight is 402 g/mol. The van der Waals surface area contributed by atoms with Gasteiger partial charge in [0.1, 0.15) is 11.5 Å². The number of nitrogens with zero attached hydrogens (tertiary/aromatic N) is 1. The van der Waals surface area contributed by atoms with Crippen LogP contribution in [-0.2, 0) is 17.8 Å². The number of anilines is 1. The van der Waals surface area contributed by atoms with E-state index in [-0.39, 0.29) is 11.8 Å². The normalized spacial score (nSPS) is 13.0. The molecule has 0 aliphatic carbocycles. The highest BCUT2D eigenvalue weighted by atomic mass is 16.3. The Hall–Kier alpha value is -3.34. The first-order chi connectivity index (χ1) is 14.6. The second-order valence-corrected chi connectivity index (χ2v) is 7.63. The zero-order chi connectivity index (χ0) is 20.9. The van der Waals surface area contributed by atoms with Gasteiger partial charge in [-0.05, 0) is 36.8 Å². The summed E-state index contributed by atoms with van der Waals surface area (Å²) in [5.74, 6) is 1.77. The van der Waals surface area contributed by atoms with Gasteiger partial charge in [0.25, 0.3) is 5.91 Å². The van der Waals surface area contributed by atoms with Gasteiger partial charge in [-0.15, -0.1) is 0 Å². The third-order valence-corrected chi connectivity index (χ3v) is 5.36. The van der Waals surface area contributed by atoms with E-state index < -0.39 is 0 Å². The molecule has 1 aliphatic heterocycles. The Kier molecular flexibility index (Phi) is 5.98. The Morgan fingerprint density at radius 2 is 1.90 bits per heavy atom. The molecule has 0 bridgehead atoms. The summed E-state index contributed by atoms with van der Waals surface area (Å²) in [6, 6.07) is 19.1. The summed E-state index contributed by atoms with van der Waals surface area (Å²) in [5.41, 5.74) is 3.43. The third kappa shape index (κ3) is 4.46. The highest BCUT2D eigenvalue weighted by Crippen LogP contribution is 2.31. The maximum atomic E-state index is 12.8. The van der Waals surface area contributed by atoms with Crippen molar-refractivity contribution in [3.05, 3.63) is 77.6 Å². The van der Waals surface area contributed by atoms with E-state index in [0.29, 0.717) is 31.5 Å². The Bertz CT molecular complexity index is 1040. The van der Waals surface area contributed by atoms with E-state index in [0.717, 1.165) is 41.2 Å². The summed E-state index contributed by atoms with van der Waals surface area (Å²) in [4.78, 5) is 26.6. The maximum Gasteiger partial charge on any atom is 0.254 e. The van der Waals surface area contributed by atoms with Gasteiger partial charge in [-0.2, -0.15) is 0 Å². The molecule has 3 aromatic rings. The van der Waals surface area contributed by atoms with Crippen molar-refractivity contribution in [1.29, 1.82) is 0 Å². The smallest absolute Gasteiger partial charge is 0.254 e. The first-order valence-electron chi connectivity index (χ1n) is 10.5. The van der Waals surface area contributed by atoms with E-state index in [1.807, 2.05) is 65.6 Å². The minimum atomic E-state index is 0.0304. The lowest BCUT2D eigenvalue weighted by atomic mass is 10.1. The molecule has 5 nitrogen and oxygen atoms in total. The van der Waals surface area contributed by atoms with E-state index in [4.69, 9.17) is 4.42 Å². The van der Waals surface area contributed by atoms with Gasteiger partial charge in [-0.3, -0.25) is 9.59 Å². The molecule has 1 N–H and O–H groups in total. The summed E-state index contributed by atoms with van der Waals surface area (Å²) in [6.07, 6.45) is 3.10. The molecule has 0 saturated heterocycles. The van der Waals surface area contributed by atoms with Crippen LogP contribution >= 0.6 is 0 Å². The Labute approximate surface area is 176 Å². The number of carbonyl (C=O) groups excluding carboxylic acids is 2. The number of amides is 2. The van der Waals surface area contributed by atoms with Crippen LogP contribution in [0.1, 0.15) is 47.9 Å². The molecule has 0 unspecified atom stereocenters. The lowest BCUT2D eigenvalue weighted by molar-refractivity contribution is -0.116. The SMILES string of the molecule is CCCCC(=O)Nc1cccc(-c2cc3c(o2)CCN(C(=O)c2ccccc2)C3)c1. The van der Waals surface area contributed by atoms with Gasteiger partial charge in [0.2, 0.25) is 5.91 Å². The number of fused-ring (bicyclic) bond motifs is 1. The molecule has 2 aromatic carbocycles. The molecule has 5 heteroatoms. The van der Waals surface area contributed by atoms with Gasteiger partial charge in [0, 0.05) is 48.3 Å². The summed E-state index contributed by atoms with van der Waals surface area (Å²) in [7, 11) is 0. The van der Waals surface area contributed by atoms with Crippen LogP contribution in [0.25, 0.3) is 11.3 Å². The molecule has 30 heavy (non-hydrogen) atoms. The molecule has 0 saturated carbocycles. The fraction of sp³-hybridized carbons (Fsp3) is 0.280. The molecule has 0 radical (unpaired) electrons. The monoisotopic (exact) mass is 402 g/mol.